The van der Waals surface area contributed by atoms with Gasteiger partial charge in [-0.3, -0.25) is 19.7 Å². The molecule has 0 amide bonds. The molecule has 2 N–H and O–H groups in total. The number of carbonyl (C=O) groups excluding carboxylic acids is 2. The number of aromatic amines is 1. The zero-order valence-electron chi connectivity index (χ0n) is 16.9. The van der Waals surface area contributed by atoms with Crippen LogP contribution in [-0.2, 0) is 4.79 Å². The van der Waals surface area contributed by atoms with Crippen molar-refractivity contribution in [2.45, 2.75) is 5.92 Å². The molecule has 3 aromatic carbocycles. The highest BCUT2D eigenvalue weighted by molar-refractivity contribution is 9.10. The summed E-state index contributed by atoms with van der Waals surface area (Å²) in [5.74, 6) is -2.62. The van der Waals surface area contributed by atoms with Crippen molar-refractivity contribution in [3.63, 3.8) is 0 Å². The second-order valence-corrected chi connectivity index (χ2v) is 8.60. The van der Waals surface area contributed by atoms with Gasteiger partial charge in [-0.2, -0.15) is 0 Å². The fourth-order valence-electron chi connectivity index (χ4n) is 4.30. The van der Waals surface area contributed by atoms with Crippen molar-refractivity contribution >= 4 is 49.8 Å². The smallest absolute Gasteiger partial charge is 0.269 e. The van der Waals surface area contributed by atoms with Gasteiger partial charge in [0.1, 0.15) is 5.76 Å². The number of carbonyl (C=O) groups is 2. The van der Waals surface area contributed by atoms with Crippen LogP contribution in [0.4, 0.5) is 5.69 Å². The van der Waals surface area contributed by atoms with E-state index in [0.29, 0.717) is 11.1 Å². The van der Waals surface area contributed by atoms with Crippen LogP contribution in [0.25, 0.3) is 16.7 Å². The molecule has 1 aromatic heterocycles. The number of fused-ring (bicyclic) bond motifs is 2. The number of benzene rings is 3. The number of aliphatic hydroxyl groups excluding tert-OH is 1. The van der Waals surface area contributed by atoms with Crippen LogP contribution >= 0.6 is 15.9 Å². The Morgan fingerprint density at radius 3 is 2.33 bits per heavy atom. The van der Waals surface area contributed by atoms with E-state index in [0.717, 1.165) is 15.4 Å². The van der Waals surface area contributed by atoms with E-state index in [1.54, 1.807) is 24.4 Å². The van der Waals surface area contributed by atoms with Gasteiger partial charge in [0.2, 0.25) is 11.6 Å². The summed E-state index contributed by atoms with van der Waals surface area (Å²) >= 11 is 3.46. The van der Waals surface area contributed by atoms with E-state index in [1.807, 2.05) is 18.2 Å². The van der Waals surface area contributed by atoms with Crippen LogP contribution in [0.5, 0.6) is 0 Å². The number of aliphatic hydroxyl groups is 1. The van der Waals surface area contributed by atoms with E-state index in [9.17, 15) is 24.8 Å². The van der Waals surface area contributed by atoms with Crippen molar-refractivity contribution in [1.82, 2.24) is 4.98 Å². The molecule has 0 spiro atoms. The Hall–Kier alpha value is -4.04. The van der Waals surface area contributed by atoms with Gasteiger partial charge in [0.05, 0.1) is 10.5 Å². The molecule has 0 saturated carbocycles. The molecule has 5 rings (SSSR count). The number of H-pyrrole nitrogens is 1. The second-order valence-electron chi connectivity index (χ2n) is 7.68. The first kappa shape index (κ1) is 20.8. The van der Waals surface area contributed by atoms with Crippen LogP contribution in [0.1, 0.15) is 33.0 Å². The van der Waals surface area contributed by atoms with Gasteiger partial charge >= 0.3 is 0 Å². The minimum Gasteiger partial charge on any atom is -0.507 e. The maximum Gasteiger partial charge on any atom is 0.269 e. The lowest BCUT2D eigenvalue weighted by molar-refractivity contribution is -0.384. The quantitative estimate of drug-likeness (QED) is 0.211. The number of ketones is 2. The Balaban J connectivity index is 1.81. The van der Waals surface area contributed by atoms with Crippen molar-refractivity contribution in [1.29, 1.82) is 0 Å². The van der Waals surface area contributed by atoms with Crippen LogP contribution in [-0.4, -0.2) is 26.6 Å². The van der Waals surface area contributed by atoms with Gasteiger partial charge in [-0.05, 0) is 29.3 Å². The number of rotatable bonds is 4. The molecule has 33 heavy (non-hydrogen) atoms. The fraction of sp³-hybridized carbons (Fsp3) is 0.0400. The monoisotopic (exact) mass is 502 g/mol. The lowest BCUT2D eigenvalue weighted by Crippen LogP contribution is -2.27. The molecule has 0 fully saturated rings. The molecule has 1 unspecified atom stereocenters. The first-order valence-electron chi connectivity index (χ1n) is 9.99. The van der Waals surface area contributed by atoms with Gasteiger partial charge in [0.25, 0.3) is 5.69 Å². The van der Waals surface area contributed by atoms with Crippen LogP contribution < -0.4 is 0 Å². The van der Waals surface area contributed by atoms with Crippen molar-refractivity contribution in [3.05, 3.63) is 115 Å². The largest absolute Gasteiger partial charge is 0.507 e. The molecule has 7 nitrogen and oxygen atoms in total. The average molecular weight is 503 g/mol. The van der Waals surface area contributed by atoms with Crippen LogP contribution in [0, 0.1) is 10.1 Å². The number of nitrogens with zero attached hydrogens (tertiary/aromatic N) is 1. The number of halogens is 1. The third-order valence-corrected chi connectivity index (χ3v) is 6.34. The number of hydrogen-bond donors (Lipinski definition) is 2. The molecule has 4 aromatic rings. The predicted octanol–water partition coefficient (Wildman–Crippen LogP) is 5.71. The third-order valence-electron chi connectivity index (χ3n) is 5.85. The summed E-state index contributed by atoms with van der Waals surface area (Å²) in [4.78, 5) is 40.0. The Kier molecular flexibility index (Phi) is 4.94. The Morgan fingerprint density at radius 1 is 0.939 bits per heavy atom. The van der Waals surface area contributed by atoms with E-state index in [1.165, 1.54) is 30.3 Å². The molecule has 162 valence electrons. The second kappa shape index (κ2) is 7.83. The van der Waals surface area contributed by atoms with Gasteiger partial charge in [0, 0.05) is 50.8 Å². The average Bonchev–Trinajstić information content (AvgIpc) is 3.23. The van der Waals surface area contributed by atoms with Crippen LogP contribution in [0.15, 0.2) is 83.0 Å². The van der Waals surface area contributed by atoms with E-state index >= 15 is 0 Å². The summed E-state index contributed by atoms with van der Waals surface area (Å²) in [7, 11) is 0. The van der Waals surface area contributed by atoms with Crippen LogP contribution in [0.2, 0.25) is 0 Å². The molecule has 0 bridgehead atoms. The van der Waals surface area contributed by atoms with Gasteiger partial charge in [-0.1, -0.05) is 52.3 Å². The zero-order valence-corrected chi connectivity index (χ0v) is 18.5. The number of nitrogens with one attached hydrogen (secondary N) is 1. The van der Waals surface area contributed by atoms with Crippen molar-refractivity contribution in [2.75, 3.05) is 0 Å². The summed E-state index contributed by atoms with van der Waals surface area (Å²) in [6, 6.07) is 17.8. The normalized spacial score (nSPS) is 14.5. The van der Waals surface area contributed by atoms with Gasteiger partial charge in [0.15, 0.2) is 0 Å². The summed E-state index contributed by atoms with van der Waals surface area (Å²) in [6.45, 7) is 0. The van der Waals surface area contributed by atoms with Gasteiger partial charge in [-0.15, -0.1) is 0 Å². The Labute approximate surface area is 195 Å². The highest BCUT2D eigenvalue weighted by Gasteiger charge is 2.39. The summed E-state index contributed by atoms with van der Waals surface area (Å²) in [6.07, 6.45) is 1.72. The number of hydrogen-bond acceptors (Lipinski definition) is 5. The van der Waals surface area contributed by atoms with E-state index < -0.39 is 22.4 Å². The van der Waals surface area contributed by atoms with Crippen molar-refractivity contribution in [2.24, 2.45) is 0 Å². The first-order chi connectivity index (χ1) is 15.9. The summed E-state index contributed by atoms with van der Waals surface area (Å²) < 4.78 is 0.813. The standard InChI is InChI=1S/C25H15BrN2O5/c26-14-7-10-20-18(11-14)19(12-27-20)21(13-5-8-15(9-6-13)28(32)33)22-23(29)16-3-1-2-4-17(16)24(30)25(22)31/h1-12,21,27,29H. The van der Waals surface area contributed by atoms with Crippen molar-refractivity contribution < 1.29 is 19.6 Å². The lowest BCUT2D eigenvalue weighted by Gasteiger charge is -2.25. The zero-order chi connectivity index (χ0) is 23.3. The number of Topliss-reactive ketones (excluding diaryl/α,β-unsaturated/α-hetero) is 2. The molecule has 0 aliphatic heterocycles. The SMILES string of the molecule is O=C1C(=O)c2ccccc2C(O)=C1C(c1ccc([N+](=O)[O-])cc1)c1c[nH]c2ccc(Br)cc12. The number of nitro benzene ring substituents is 1. The van der Waals surface area contributed by atoms with E-state index in [4.69, 9.17) is 0 Å². The number of aromatic nitrogens is 1. The minimum atomic E-state index is -0.835. The lowest BCUT2D eigenvalue weighted by atomic mass is 9.76. The van der Waals surface area contributed by atoms with Gasteiger partial charge in [-0.25, -0.2) is 0 Å². The first-order valence-corrected chi connectivity index (χ1v) is 10.8. The molecular weight excluding hydrogens is 488 g/mol. The summed E-state index contributed by atoms with van der Waals surface area (Å²) in [5, 5.41) is 23.1. The molecular formula is C25H15BrN2O5. The Morgan fingerprint density at radius 2 is 1.64 bits per heavy atom. The summed E-state index contributed by atoms with van der Waals surface area (Å²) in [5.41, 5.74) is 2.25. The Bertz CT molecular complexity index is 1500. The maximum atomic E-state index is 13.3. The highest BCUT2D eigenvalue weighted by Crippen LogP contribution is 2.43. The highest BCUT2D eigenvalue weighted by atomic mass is 79.9. The molecule has 0 saturated heterocycles. The molecule has 1 aliphatic carbocycles. The predicted molar refractivity (Wildman–Crippen MR) is 126 cm³/mol. The van der Waals surface area contributed by atoms with E-state index in [2.05, 4.69) is 20.9 Å². The molecule has 1 aliphatic rings. The molecule has 8 heteroatoms. The topological polar surface area (TPSA) is 113 Å². The number of allylic oxidation sites excluding steroid dienone is 1. The van der Waals surface area contributed by atoms with Crippen LogP contribution in [0.3, 0.4) is 0 Å². The molecule has 0 radical (unpaired) electrons. The maximum absolute atomic E-state index is 13.3. The number of non-ortho nitro benzene ring substituents is 1. The van der Waals surface area contributed by atoms with Crippen molar-refractivity contribution in [3.8, 4) is 0 Å². The van der Waals surface area contributed by atoms with E-state index in [-0.39, 0.29) is 28.1 Å². The van der Waals surface area contributed by atoms with Gasteiger partial charge < -0.3 is 10.1 Å². The minimum absolute atomic E-state index is 0.0616. The third kappa shape index (κ3) is 3.35. The number of nitro groups is 1. The fourth-order valence-corrected chi connectivity index (χ4v) is 4.66. The molecule has 1 heterocycles. The molecule has 1 atom stereocenters.